The van der Waals surface area contributed by atoms with Crippen LogP contribution in [-0.2, 0) is 4.74 Å². The largest absolute Gasteiger partial charge is 0.361 e. The molecule has 2 nitrogen and oxygen atoms in total. The van der Waals surface area contributed by atoms with Crippen LogP contribution in [0.25, 0.3) is 0 Å². The van der Waals surface area contributed by atoms with E-state index in [1.54, 1.807) is 12.1 Å². The third-order valence-electron chi connectivity index (χ3n) is 1.90. The van der Waals surface area contributed by atoms with E-state index in [2.05, 4.69) is 6.92 Å². The van der Waals surface area contributed by atoms with Gasteiger partial charge in [0.05, 0.1) is 6.10 Å². The average molecular weight is 161 g/mol. The minimum atomic E-state index is -0.299. The topological polar surface area (TPSA) is 29.6 Å². The van der Waals surface area contributed by atoms with Gasteiger partial charge < -0.3 is 4.74 Å². The van der Waals surface area contributed by atoms with Gasteiger partial charge in [-0.15, -0.1) is 0 Å². The van der Waals surface area contributed by atoms with E-state index >= 15 is 0 Å². The third-order valence-corrected chi connectivity index (χ3v) is 1.90. The SMILES string of the molecule is [CH2][C@@H]1O[C@@H]1C(=O)c1ccccc1. The van der Waals surface area contributed by atoms with Crippen molar-refractivity contribution in [2.75, 3.05) is 0 Å². The molecule has 0 aromatic heterocycles. The number of hydrogen-bond donors (Lipinski definition) is 0. The molecule has 2 rings (SSSR count). The molecule has 61 valence electrons. The molecule has 1 saturated heterocycles. The summed E-state index contributed by atoms with van der Waals surface area (Å²) in [6.45, 7) is 3.63. The molecule has 1 aromatic carbocycles. The van der Waals surface area contributed by atoms with Crippen LogP contribution >= 0.6 is 0 Å². The lowest BCUT2D eigenvalue weighted by atomic mass is 10.1. The van der Waals surface area contributed by atoms with Gasteiger partial charge in [0.15, 0.2) is 5.78 Å². The van der Waals surface area contributed by atoms with Gasteiger partial charge in [-0.25, -0.2) is 0 Å². The number of rotatable bonds is 2. The Kier molecular flexibility index (Phi) is 1.70. The molecule has 0 amide bonds. The summed E-state index contributed by atoms with van der Waals surface area (Å²) in [6, 6.07) is 9.14. The Morgan fingerprint density at radius 2 is 1.92 bits per heavy atom. The van der Waals surface area contributed by atoms with Crippen molar-refractivity contribution in [1.82, 2.24) is 0 Å². The molecule has 0 N–H and O–H groups in total. The molecule has 1 heterocycles. The normalized spacial score (nSPS) is 26.8. The molecule has 12 heavy (non-hydrogen) atoms. The molecule has 0 saturated carbocycles. The maximum atomic E-state index is 11.5. The van der Waals surface area contributed by atoms with Crippen molar-refractivity contribution in [3.63, 3.8) is 0 Å². The Labute approximate surface area is 71.2 Å². The summed E-state index contributed by atoms with van der Waals surface area (Å²) >= 11 is 0. The summed E-state index contributed by atoms with van der Waals surface area (Å²) in [5.41, 5.74) is 0.702. The summed E-state index contributed by atoms with van der Waals surface area (Å²) in [6.07, 6.45) is -0.440. The van der Waals surface area contributed by atoms with E-state index in [1.165, 1.54) is 0 Å². The summed E-state index contributed by atoms with van der Waals surface area (Å²) in [5.74, 6) is 0.0376. The fourth-order valence-electron chi connectivity index (χ4n) is 1.14. The Morgan fingerprint density at radius 3 is 2.42 bits per heavy atom. The van der Waals surface area contributed by atoms with Gasteiger partial charge >= 0.3 is 0 Å². The van der Waals surface area contributed by atoms with Crippen molar-refractivity contribution in [2.45, 2.75) is 12.2 Å². The van der Waals surface area contributed by atoms with Gasteiger partial charge in [-0.05, 0) is 6.92 Å². The van der Waals surface area contributed by atoms with Crippen LogP contribution in [-0.4, -0.2) is 18.0 Å². The fourth-order valence-corrected chi connectivity index (χ4v) is 1.14. The second-order valence-electron chi connectivity index (χ2n) is 2.83. The monoisotopic (exact) mass is 161 g/mol. The van der Waals surface area contributed by atoms with E-state index in [1.807, 2.05) is 18.2 Å². The summed E-state index contributed by atoms with van der Waals surface area (Å²) in [7, 11) is 0. The van der Waals surface area contributed by atoms with Crippen LogP contribution in [0.4, 0.5) is 0 Å². The quantitative estimate of drug-likeness (QED) is 0.485. The maximum absolute atomic E-state index is 11.5. The number of carbonyl (C=O) groups excluding carboxylic acids is 1. The molecule has 0 spiro atoms. The highest BCUT2D eigenvalue weighted by molar-refractivity contribution is 6.01. The van der Waals surface area contributed by atoms with Crippen LogP contribution in [0.3, 0.4) is 0 Å². The number of hydrogen-bond acceptors (Lipinski definition) is 2. The summed E-state index contributed by atoms with van der Waals surface area (Å²) in [4.78, 5) is 11.5. The molecular formula is C10H9O2. The minimum Gasteiger partial charge on any atom is -0.361 e. The van der Waals surface area contributed by atoms with Crippen LogP contribution in [0.5, 0.6) is 0 Å². The number of ketones is 1. The lowest BCUT2D eigenvalue weighted by Crippen LogP contribution is -2.08. The van der Waals surface area contributed by atoms with E-state index in [0.29, 0.717) is 5.56 Å². The standard InChI is InChI=1S/C10H9O2/c1-7-10(12-7)9(11)8-5-3-2-4-6-8/h2-7,10H,1H2/t7-,10-/m0/s1. The molecule has 1 fully saturated rings. The smallest absolute Gasteiger partial charge is 0.194 e. The molecule has 0 bridgehead atoms. The molecule has 2 heteroatoms. The number of carbonyl (C=O) groups is 1. The number of benzene rings is 1. The highest BCUT2D eigenvalue weighted by Gasteiger charge is 2.41. The zero-order valence-corrected chi connectivity index (χ0v) is 6.57. The number of Topliss-reactive ketones (excluding diaryl/α,β-unsaturated/α-hetero) is 1. The molecule has 0 aliphatic carbocycles. The molecule has 0 unspecified atom stereocenters. The highest BCUT2D eigenvalue weighted by atomic mass is 16.6. The van der Waals surface area contributed by atoms with Crippen molar-refractivity contribution in [3.8, 4) is 0 Å². The minimum absolute atomic E-state index is 0.0376. The lowest BCUT2D eigenvalue weighted by molar-refractivity contribution is 0.0953. The van der Waals surface area contributed by atoms with E-state index in [0.717, 1.165) is 0 Å². The molecule has 1 aliphatic heterocycles. The Bertz CT molecular complexity index is 292. The first kappa shape index (κ1) is 7.50. The van der Waals surface area contributed by atoms with Crippen molar-refractivity contribution in [1.29, 1.82) is 0 Å². The first-order valence-corrected chi connectivity index (χ1v) is 3.87. The number of epoxide rings is 1. The van der Waals surface area contributed by atoms with Crippen molar-refractivity contribution in [3.05, 3.63) is 42.8 Å². The average Bonchev–Trinajstić information content (AvgIpc) is 2.83. The predicted molar refractivity (Wildman–Crippen MR) is 44.8 cm³/mol. The molecule has 1 aliphatic rings. The van der Waals surface area contributed by atoms with Crippen LogP contribution in [0, 0.1) is 6.92 Å². The van der Waals surface area contributed by atoms with Gasteiger partial charge in [0, 0.05) is 5.56 Å². The van der Waals surface area contributed by atoms with E-state index in [-0.39, 0.29) is 18.0 Å². The Balaban J connectivity index is 2.16. The third kappa shape index (κ3) is 1.25. The Hall–Kier alpha value is -1.15. The lowest BCUT2D eigenvalue weighted by Gasteiger charge is -1.94. The first-order chi connectivity index (χ1) is 5.79. The van der Waals surface area contributed by atoms with Gasteiger partial charge in [-0.3, -0.25) is 4.79 Å². The van der Waals surface area contributed by atoms with Crippen molar-refractivity contribution >= 4 is 5.78 Å². The highest BCUT2D eigenvalue weighted by Crippen LogP contribution is 2.24. The van der Waals surface area contributed by atoms with E-state index in [4.69, 9.17) is 4.74 Å². The maximum Gasteiger partial charge on any atom is 0.194 e. The summed E-state index contributed by atoms with van der Waals surface area (Å²) in [5, 5.41) is 0. The second kappa shape index (κ2) is 2.72. The fraction of sp³-hybridized carbons (Fsp3) is 0.200. The summed E-state index contributed by atoms with van der Waals surface area (Å²) < 4.78 is 4.97. The van der Waals surface area contributed by atoms with Gasteiger partial charge in [-0.2, -0.15) is 0 Å². The van der Waals surface area contributed by atoms with E-state index in [9.17, 15) is 4.79 Å². The first-order valence-electron chi connectivity index (χ1n) is 3.87. The predicted octanol–water partition coefficient (Wildman–Crippen LogP) is 1.47. The van der Waals surface area contributed by atoms with Crippen LogP contribution in [0.1, 0.15) is 10.4 Å². The van der Waals surface area contributed by atoms with Crippen LogP contribution in [0.15, 0.2) is 30.3 Å². The van der Waals surface area contributed by atoms with Gasteiger partial charge in [0.25, 0.3) is 0 Å². The molecule has 1 radical (unpaired) electrons. The van der Waals surface area contributed by atoms with Crippen molar-refractivity contribution in [2.24, 2.45) is 0 Å². The second-order valence-corrected chi connectivity index (χ2v) is 2.83. The van der Waals surface area contributed by atoms with Gasteiger partial charge in [0.2, 0.25) is 0 Å². The van der Waals surface area contributed by atoms with E-state index < -0.39 is 0 Å². The zero-order chi connectivity index (χ0) is 8.55. The van der Waals surface area contributed by atoms with Crippen LogP contribution < -0.4 is 0 Å². The number of ether oxygens (including phenoxy) is 1. The van der Waals surface area contributed by atoms with Gasteiger partial charge in [0.1, 0.15) is 6.10 Å². The molecule has 1 aromatic rings. The Morgan fingerprint density at radius 1 is 1.33 bits per heavy atom. The van der Waals surface area contributed by atoms with Crippen molar-refractivity contribution < 1.29 is 9.53 Å². The zero-order valence-electron chi connectivity index (χ0n) is 6.57. The molecular weight excluding hydrogens is 152 g/mol. The van der Waals surface area contributed by atoms with Crippen LogP contribution in [0.2, 0.25) is 0 Å². The van der Waals surface area contributed by atoms with Gasteiger partial charge in [-0.1, -0.05) is 30.3 Å². The molecule has 2 atom stereocenters.